The van der Waals surface area contributed by atoms with Crippen LogP contribution in [-0.2, 0) is 10.1 Å². The summed E-state index contributed by atoms with van der Waals surface area (Å²) in [5.74, 6) is 0.513. The standard InChI is InChI=1S/C16H20O3S.Na/c1-10(2)12-5-7-13-14(8-6-12)16(20(17,18)19)9-15(13)11(3)4;/h5-11H,1-4H3,(H,17,18,19);/q;+1/p-1. The van der Waals surface area contributed by atoms with Crippen molar-refractivity contribution in [3.8, 4) is 11.1 Å². The van der Waals surface area contributed by atoms with Gasteiger partial charge in [-0.3, -0.25) is 0 Å². The predicted molar refractivity (Wildman–Crippen MR) is 79.2 cm³/mol. The monoisotopic (exact) mass is 314 g/mol. The Hall–Kier alpha value is -0.390. The van der Waals surface area contributed by atoms with Gasteiger partial charge in [0.15, 0.2) is 0 Å². The van der Waals surface area contributed by atoms with Crippen molar-refractivity contribution in [2.75, 3.05) is 0 Å². The minimum atomic E-state index is -4.46. The Morgan fingerprint density at radius 3 is 1.86 bits per heavy atom. The minimum Gasteiger partial charge on any atom is -0.744 e. The third-order valence-corrected chi connectivity index (χ3v) is 4.47. The summed E-state index contributed by atoms with van der Waals surface area (Å²) >= 11 is 0. The maximum atomic E-state index is 11.4. The fraction of sp³-hybridized carbons (Fsp3) is 0.375. The Morgan fingerprint density at radius 2 is 1.43 bits per heavy atom. The molecule has 2 aliphatic rings. The number of rotatable bonds is 3. The van der Waals surface area contributed by atoms with Gasteiger partial charge in [0.25, 0.3) is 0 Å². The average molecular weight is 314 g/mol. The summed E-state index contributed by atoms with van der Waals surface area (Å²) in [4.78, 5) is -0.109. The maximum Gasteiger partial charge on any atom is 1.00 e. The van der Waals surface area contributed by atoms with E-state index in [1.54, 1.807) is 6.07 Å². The van der Waals surface area contributed by atoms with Crippen molar-refractivity contribution in [1.82, 2.24) is 0 Å². The molecule has 0 unspecified atom stereocenters. The van der Waals surface area contributed by atoms with E-state index in [1.807, 2.05) is 32.0 Å². The van der Waals surface area contributed by atoms with Crippen LogP contribution >= 0.6 is 0 Å². The van der Waals surface area contributed by atoms with Crippen LogP contribution in [0.5, 0.6) is 0 Å². The van der Waals surface area contributed by atoms with Crippen molar-refractivity contribution in [3.63, 3.8) is 0 Å². The van der Waals surface area contributed by atoms with E-state index in [2.05, 4.69) is 13.8 Å². The van der Waals surface area contributed by atoms with E-state index in [-0.39, 0.29) is 40.4 Å². The zero-order valence-electron chi connectivity index (χ0n) is 13.2. The van der Waals surface area contributed by atoms with Crippen LogP contribution in [0.4, 0.5) is 0 Å². The van der Waals surface area contributed by atoms with Gasteiger partial charge < -0.3 is 4.55 Å². The SMILES string of the molecule is CC(C)c1ccc2c(C(C)C)cc(S(=O)(=O)[O-])c-2cc1.[Na+]. The van der Waals surface area contributed by atoms with Gasteiger partial charge in [0, 0.05) is 0 Å². The summed E-state index contributed by atoms with van der Waals surface area (Å²) < 4.78 is 34.3. The Balaban J connectivity index is 0.00000220. The average Bonchev–Trinajstić information content (AvgIpc) is 2.55. The molecule has 2 rings (SSSR count). The molecule has 0 bridgehead atoms. The quantitative estimate of drug-likeness (QED) is 0.626. The normalized spacial score (nSPS) is 12.0. The van der Waals surface area contributed by atoms with Gasteiger partial charge in [-0.1, -0.05) is 52.0 Å². The van der Waals surface area contributed by atoms with Crippen molar-refractivity contribution >= 4 is 10.1 Å². The van der Waals surface area contributed by atoms with Crippen LogP contribution < -0.4 is 29.6 Å². The summed E-state index contributed by atoms with van der Waals surface area (Å²) in [5.41, 5.74) is 3.39. The molecule has 0 spiro atoms. The van der Waals surface area contributed by atoms with Crippen LogP contribution in [0, 0.1) is 0 Å². The molecule has 0 aromatic carbocycles. The number of fused-ring (bicyclic) bond motifs is 1. The summed E-state index contributed by atoms with van der Waals surface area (Å²) in [5, 5.41) is 0. The molecule has 0 atom stereocenters. The van der Waals surface area contributed by atoms with E-state index >= 15 is 0 Å². The second-order valence-electron chi connectivity index (χ2n) is 5.72. The molecule has 5 heteroatoms. The smallest absolute Gasteiger partial charge is 0.744 e. The second kappa shape index (κ2) is 6.80. The van der Waals surface area contributed by atoms with Gasteiger partial charge in [-0.15, -0.1) is 0 Å². The first-order valence-corrected chi connectivity index (χ1v) is 8.15. The van der Waals surface area contributed by atoms with Crippen molar-refractivity contribution in [1.29, 1.82) is 0 Å². The first-order chi connectivity index (χ1) is 9.21. The first kappa shape index (κ1) is 18.7. The molecule has 0 heterocycles. The Labute approximate surface area is 149 Å². The van der Waals surface area contributed by atoms with Gasteiger partial charge in [-0.25, -0.2) is 8.42 Å². The molecule has 0 N–H and O–H groups in total. The molecular weight excluding hydrogens is 295 g/mol. The predicted octanol–water partition coefficient (Wildman–Crippen LogP) is 0.946. The molecule has 108 valence electrons. The van der Waals surface area contributed by atoms with Gasteiger partial charge in [0.2, 0.25) is 0 Å². The second-order valence-corrected chi connectivity index (χ2v) is 7.07. The molecule has 21 heavy (non-hydrogen) atoms. The third-order valence-electron chi connectivity index (χ3n) is 3.60. The summed E-state index contributed by atoms with van der Waals surface area (Å²) in [7, 11) is -4.46. The van der Waals surface area contributed by atoms with Crippen LogP contribution in [0.1, 0.15) is 50.7 Å². The molecule has 0 saturated carbocycles. The first-order valence-electron chi connectivity index (χ1n) is 6.74. The molecule has 0 aliphatic heterocycles. The fourth-order valence-electron chi connectivity index (χ4n) is 2.43. The zero-order chi connectivity index (χ0) is 15.1. The summed E-state index contributed by atoms with van der Waals surface area (Å²) in [6, 6.07) is 9.09. The molecule has 3 nitrogen and oxygen atoms in total. The molecule has 0 aromatic rings. The summed E-state index contributed by atoms with van der Waals surface area (Å²) in [6.07, 6.45) is 0. The number of hydrogen-bond donors (Lipinski definition) is 0. The Kier molecular flexibility index (Phi) is 6.04. The van der Waals surface area contributed by atoms with E-state index in [4.69, 9.17) is 0 Å². The van der Waals surface area contributed by atoms with Gasteiger partial charge >= 0.3 is 29.6 Å². The maximum absolute atomic E-state index is 11.4. The van der Waals surface area contributed by atoms with Crippen molar-refractivity contribution in [3.05, 3.63) is 41.5 Å². The van der Waals surface area contributed by atoms with Crippen LogP contribution in [-0.4, -0.2) is 13.0 Å². The fourth-order valence-corrected chi connectivity index (χ4v) is 3.15. The molecule has 2 aliphatic carbocycles. The third kappa shape index (κ3) is 3.88. The van der Waals surface area contributed by atoms with Crippen LogP contribution in [0.2, 0.25) is 0 Å². The van der Waals surface area contributed by atoms with Crippen molar-refractivity contribution in [2.45, 2.75) is 44.4 Å². The molecule has 0 saturated heterocycles. The molecule has 0 amide bonds. The number of hydrogen-bond acceptors (Lipinski definition) is 3. The van der Waals surface area contributed by atoms with Crippen LogP contribution in [0.25, 0.3) is 11.1 Å². The van der Waals surface area contributed by atoms with Gasteiger partial charge in [-0.2, -0.15) is 0 Å². The Morgan fingerprint density at radius 1 is 0.905 bits per heavy atom. The van der Waals surface area contributed by atoms with E-state index in [9.17, 15) is 13.0 Å². The largest absolute Gasteiger partial charge is 1.00 e. The molecule has 0 fully saturated rings. The van der Waals surface area contributed by atoms with Crippen LogP contribution in [0.3, 0.4) is 0 Å². The van der Waals surface area contributed by atoms with E-state index in [1.165, 1.54) is 6.07 Å². The summed E-state index contributed by atoms with van der Waals surface area (Å²) in [6.45, 7) is 8.14. The van der Waals surface area contributed by atoms with Crippen LogP contribution in [0.15, 0.2) is 35.2 Å². The topological polar surface area (TPSA) is 57.2 Å². The minimum absolute atomic E-state index is 0. The van der Waals surface area contributed by atoms with Gasteiger partial charge in [0.1, 0.15) is 10.1 Å². The van der Waals surface area contributed by atoms with E-state index in [0.717, 1.165) is 16.7 Å². The molecule has 0 radical (unpaired) electrons. The zero-order valence-corrected chi connectivity index (χ0v) is 16.0. The molecule has 0 aromatic heterocycles. The van der Waals surface area contributed by atoms with Crippen molar-refractivity contribution in [2.24, 2.45) is 0 Å². The van der Waals surface area contributed by atoms with E-state index < -0.39 is 10.1 Å². The van der Waals surface area contributed by atoms with Gasteiger partial charge in [0.05, 0.1) is 4.90 Å². The van der Waals surface area contributed by atoms with Crippen molar-refractivity contribution < 1.29 is 42.5 Å². The van der Waals surface area contributed by atoms with Gasteiger partial charge in [-0.05, 0) is 40.2 Å². The van der Waals surface area contributed by atoms with E-state index in [0.29, 0.717) is 11.5 Å². The Bertz CT molecular complexity index is 706. The molecular formula is C16H19NaO3S.